The highest BCUT2D eigenvalue weighted by Crippen LogP contribution is 2.27. The van der Waals surface area contributed by atoms with Crippen LogP contribution in [0.1, 0.15) is 25.8 Å². The Labute approximate surface area is 127 Å². The second-order valence-electron chi connectivity index (χ2n) is 5.29. The lowest BCUT2D eigenvalue weighted by molar-refractivity contribution is -0.133. The molecule has 21 heavy (non-hydrogen) atoms. The third kappa shape index (κ3) is 3.56. The predicted octanol–water partition coefficient (Wildman–Crippen LogP) is 3.71. The second kappa shape index (κ2) is 6.47. The molecule has 0 saturated carbocycles. The largest absolute Gasteiger partial charge is 0.481 e. The summed E-state index contributed by atoms with van der Waals surface area (Å²) in [5, 5.41) is 9.48. The molecule has 114 valence electrons. The fraction of sp³-hybridized carbons (Fsp3) is 0.467. The Bertz CT molecular complexity index is 669. The SMILES string of the molecule is CCC(C)Cn1c(SCC(=O)O)nc2cc(F)c(C)cc21. The van der Waals surface area contributed by atoms with Crippen molar-refractivity contribution in [3.05, 3.63) is 23.5 Å². The number of nitrogens with zero attached hydrogens (tertiary/aromatic N) is 2. The van der Waals surface area contributed by atoms with E-state index in [2.05, 4.69) is 18.8 Å². The van der Waals surface area contributed by atoms with Crippen LogP contribution in [0, 0.1) is 18.7 Å². The van der Waals surface area contributed by atoms with E-state index in [0.29, 0.717) is 22.2 Å². The first-order valence-electron chi connectivity index (χ1n) is 6.93. The Morgan fingerprint density at radius 2 is 2.24 bits per heavy atom. The van der Waals surface area contributed by atoms with Crippen molar-refractivity contribution in [3.8, 4) is 0 Å². The van der Waals surface area contributed by atoms with Gasteiger partial charge in [0.1, 0.15) is 5.82 Å². The summed E-state index contributed by atoms with van der Waals surface area (Å²) in [7, 11) is 0. The number of hydrogen-bond acceptors (Lipinski definition) is 3. The van der Waals surface area contributed by atoms with Gasteiger partial charge in [0.15, 0.2) is 5.16 Å². The number of carboxylic acids is 1. The fourth-order valence-corrected chi connectivity index (χ4v) is 2.83. The molecule has 0 aliphatic carbocycles. The van der Waals surface area contributed by atoms with Crippen molar-refractivity contribution in [2.24, 2.45) is 5.92 Å². The Hall–Kier alpha value is -1.56. The first-order chi connectivity index (χ1) is 9.92. The number of aryl methyl sites for hydroxylation is 1. The van der Waals surface area contributed by atoms with Gasteiger partial charge < -0.3 is 9.67 Å². The number of fused-ring (bicyclic) bond motifs is 1. The van der Waals surface area contributed by atoms with Crippen molar-refractivity contribution in [2.45, 2.75) is 38.9 Å². The van der Waals surface area contributed by atoms with Crippen LogP contribution >= 0.6 is 11.8 Å². The molecule has 1 atom stereocenters. The molecule has 1 unspecified atom stereocenters. The zero-order valence-corrected chi connectivity index (χ0v) is 13.2. The van der Waals surface area contributed by atoms with E-state index in [4.69, 9.17) is 5.11 Å². The van der Waals surface area contributed by atoms with Crippen LogP contribution in [0.25, 0.3) is 11.0 Å². The van der Waals surface area contributed by atoms with Gasteiger partial charge in [-0.05, 0) is 24.5 Å². The molecule has 1 aromatic carbocycles. The fourth-order valence-electron chi connectivity index (χ4n) is 2.08. The zero-order valence-electron chi connectivity index (χ0n) is 12.4. The topological polar surface area (TPSA) is 55.1 Å². The first kappa shape index (κ1) is 15.8. The minimum absolute atomic E-state index is 0.0503. The summed E-state index contributed by atoms with van der Waals surface area (Å²) < 4.78 is 15.7. The minimum Gasteiger partial charge on any atom is -0.481 e. The van der Waals surface area contributed by atoms with Gasteiger partial charge in [0.2, 0.25) is 0 Å². The van der Waals surface area contributed by atoms with Crippen molar-refractivity contribution in [3.63, 3.8) is 0 Å². The first-order valence-corrected chi connectivity index (χ1v) is 7.91. The van der Waals surface area contributed by atoms with Gasteiger partial charge in [-0.3, -0.25) is 4.79 Å². The molecule has 0 spiro atoms. The van der Waals surface area contributed by atoms with Crippen LogP contribution in [0.2, 0.25) is 0 Å². The maximum atomic E-state index is 13.7. The number of halogens is 1. The molecule has 1 aromatic heterocycles. The number of rotatable bonds is 6. The summed E-state index contributed by atoms with van der Waals surface area (Å²) in [6.45, 7) is 6.71. The van der Waals surface area contributed by atoms with Gasteiger partial charge in [-0.15, -0.1) is 0 Å². The van der Waals surface area contributed by atoms with Gasteiger partial charge in [0.05, 0.1) is 16.8 Å². The van der Waals surface area contributed by atoms with E-state index < -0.39 is 5.97 Å². The highest BCUT2D eigenvalue weighted by atomic mass is 32.2. The van der Waals surface area contributed by atoms with Crippen LogP contribution in [0.4, 0.5) is 4.39 Å². The molecular formula is C15H19FN2O2S. The molecule has 2 rings (SSSR count). The predicted molar refractivity (Wildman–Crippen MR) is 82.2 cm³/mol. The summed E-state index contributed by atoms with van der Waals surface area (Å²) >= 11 is 1.17. The van der Waals surface area contributed by atoms with Crippen molar-refractivity contribution in [1.82, 2.24) is 9.55 Å². The van der Waals surface area contributed by atoms with Gasteiger partial charge in [-0.25, -0.2) is 9.37 Å². The molecular weight excluding hydrogens is 291 g/mol. The van der Waals surface area contributed by atoms with E-state index in [9.17, 15) is 9.18 Å². The Balaban J connectivity index is 2.48. The van der Waals surface area contributed by atoms with E-state index >= 15 is 0 Å². The highest BCUT2D eigenvalue weighted by molar-refractivity contribution is 7.99. The number of carboxylic acid groups (broad SMARTS) is 1. The normalized spacial score (nSPS) is 12.8. The van der Waals surface area contributed by atoms with Crippen molar-refractivity contribution >= 4 is 28.8 Å². The second-order valence-corrected chi connectivity index (χ2v) is 6.23. The molecule has 0 amide bonds. The number of thioether (sulfide) groups is 1. The molecule has 0 aliphatic heterocycles. The third-order valence-corrected chi connectivity index (χ3v) is 4.47. The third-order valence-electron chi connectivity index (χ3n) is 3.51. The lowest BCUT2D eigenvalue weighted by Crippen LogP contribution is -2.09. The molecule has 1 N–H and O–H groups in total. The number of aliphatic carboxylic acids is 1. The standard InChI is InChI=1S/C15H19FN2O2S/c1-4-9(2)7-18-13-5-10(3)11(16)6-12(13)17-15(18)21-8-14(19)20/h5-6,9H,4,7-8H2,1-3H3,(H,19,20). The monoisotopic (exact) mass is 310 g/mol. The van der Waals surface area contributed by atoms with Crippen molar-refractivity contribution < 1.29 is 14.3 Å². The molecule has 0 saturated heterocycles. The highest BCUT2D eigenvalue weighted by Gasteiger charge is 2.16. The summed E-state index contributed by atoms with van der Waals surface area (Å²) in [5.41, 5.74) is 2.01. The van der Waals surface area contributed by atoms with Crippen LogP contribution in [0.3, 0.4) is 0 Å². The van der Waals surface area contributed by atoms with Crippen LogP contribution in [-0.4, -0.2) is 26.4 Å². The number of hydrogen-bond donors (Lipinski definition) is 1. The minimum atomic E-state index is -0.885. The number of benzene rings is 1. The van der Waals surface area contributed by atoms with E-state index in [0.717, 1.165) is 18.5 Å². The Morgan fingerprint density at radius 3 is 2.86 bits per heavy atom. The molecule has 0 fully saturated rings. The molecule has 1 heterocycles. The quantitative estimate of drug-likeness (QED) is 0.826. The van der Waals surface area contributed by atoms with Crippen LogP contribution < -0.4 is 0 Å². The van der Waals surface area contributed by atoms with E-state index in [-0.39, 0.29) is 11.6 Å². The zero-order chi connectivity index (χ0) is 15.6. The molecule has 2 aromatic rings. The maximum Gasteiger partial charge on any atom is 0.313 e. The van der Waals surface area contributed by atoms with E-state index in [1.807, 2.05) is 4.57 Å². The average Bonchev–Trinajstić information content (AvgIpc) is 2.74. The molecule has 0 aliphatic rings. The number of imidazole rings is 1. The van der Waals surface area contributed by atoms with Crippen LogP contribution in [0.15, 0.2) is 17.3 Å². The molecule has 4 nitrogen and oxygen atoms in total. The molecule has 0 bridgehead atoms. The lowest BCUT2D eigenvalue weighted by Gasteiger charge is -2.13. The summed E-state index contributed by atoms with van der Waals surface area (Å²) in [4.78, 5) is 15.2. The number of carbonyl (C=O) groups is 1. The molecule has 0 radical (unpaired) electrons. The van der Waals surface area contributed by atoms with E-state index in [1.165, 1.54) is 17.8 Å². The average molecular weight is 310 g/mol. The van der Waals surface area contributed by atoms with Gasteiger partial charge in [-0.2, -0.15) is 0 Å². The van der Waals surface area contributed by atoms with E-state index in [1.54, 1.807) is 13.0 Å². The molecule has 6 heteroatoms. The summed E-state index contributed by atoms with van der Waals surface area (Å²) in [6, 6.07) is 3.20. The summed E-state index contributed by atoms with van der Waals surface area (Å²) in [6.07, 6.45) is 1.02. The van der Waals surface area contributed by atoms with Gasteiger partial charge >= 0.3 is 5.97 Å². The summed E-state index contributed by atoms with van der Waals surface area (Å²) in [5.74, 6) is -0.780. The lowest BCUT2D eigenvalue weighted by atomic mass is 10.1. The van der Waals surface area contributed by atoms with Gasteiger partial charge in [-0.1, -0.05) is 32.0 Å². The van der Waals surface area contributed by atoms with Gasteiger partial charge in [0.25, 0.3) is 0 Å². The van der Waals surface area contributed by atoms with Crippen molar-refractivity contribution in [1.29, 1.82) is 0 Å². The smallest absolute Gasteiger partial charge is 0.313 e. The van der Waals surface area contributed by atoms with Crippen LogP contribution in [0.5, 0.6) is 0 Å². The van der Waals surface area contributed by atoms with Gasteiger partial charge in [0, 0.05) is 12.6 Å². The number of aromatic nitrogens is 2. The maximum absolute atomic E-state index is 13.7. The Morgan fingerprint density at radius 1 is 1.52 bits per heavy atom. The van der Waals surface area contributed by atoms with Crippen molar-refractivity contribution in [2.75, 3.05) is 5.75 Å². The Kier molecular flexibility index (Phi) is 4.88. The van der Waals surface area contributed by atoms with Crippen LogP contribution in [-0.2, 0) is 11.3 Å².